The summed E-state index contributed by atoms with van der Waals surface area (Å²) in [6, 6.07) is 8.46. The summed E-state index contributed by atoms with van der Waals surface area (Å²) in [7, 11) is 1.60. The number of hydrogen-bond acceptors (Lipinski definition) is 6. The SMILES string of the molecule is COCc1nc(N)nc(SCc2ccccc2C(C)(C)C)n1. The van der Waals surface area contributed by atoms with Gasteiger partial charge in [0, 0.05) is 12.9 Å². The van der Waals surface area contributed by atoms with Crippen molar-refractivity contribution in [3.8, 4) is 0 Å². The van der Waals surface area contributed by atoms with Crippen LogP contribution in [0.5, 0.6) is 0 Å². The molecular weight excluding hydrogens is 296 g/mol. The van der Waals surface area contributed by atoms with Crippen LogP contribution in [0.15, 0.2) is 29.4 Å². The Bertz CT molecular complexity index is 640. The smallest absolute Gasteiger partial charge is 0.224 e. The molecule has 0 aliphatic carbocycles. The maximum atomic E-state index is 5.73. The van der Waals surface area contributed by atoms with Crippen molar-refractivity contribution in [3.05, 3.63) is 41.2 Å². The van der Waals surface area contributed by atoms with Crippen molar-refractivity contribution < 1.29 is 4.74 Å². The van der Waals surface area contributed by atoms with E-state index in [0.717, 1.165) is 5.75 Å². The van der Waals surface area contributed by atoms with E-state index in [0.29, 0.717) is 17.6 Å². The summed E-state index contributed by atoms with van der Waals surface area (Å²) in [6.45, 7) is 6.98. The van der Waals surface area contributed by atoms with Crippen molar-refractivity contribution in [2.45, 2.75) is 43.7 Å². The molecule has 2 aromatic rings. The summed E-state index contributed by atoms with van der Waals surface area (Å²) >= 11 is 1.56. The minimum absolute atomic E-state index is 0.108. The van der Waals surface area contributed by atoms with E-state index in [1.54, 1.807) is 18.9 Å². The number of nitrogens with zero attached hydrogens (tertiary/aromatic N) is 3. The fourth-order valence-corrected chi connectivity index (χ4v) is 3.06. The van der Waals surface area contributed by atoms with Gasteiger partial charge >= 0.3 is 0 Å². The molecule has 0 aliphatic heterocycles. The normalized spacial score (nSPS) is 11.6. The molecule has 0 atom stereocenters. The molecule has 0 aliphatic rings. The molecule has 1 aromatic heterocycles. The number of thioether (sulfide) groups is 1. The van der Waals surface area contributed by atoms with Crippen LogP contribution in [-0.4, -0.2) is 22.1 Å². The summed E-state index contributed by atoms with van der Waals surface area (Å²) in [5, 5.41) is 0.628. The van der Waals surface area contributed by atoms with Gasteiger partial charge in [-0.05, 0) is 16.5 Å². The number of benzene rings is 1. The van der Waals surface area contributed by atoms with Crippen LogP contribution in [0.2, 0.25) is 0 Å². The first-order valence-electron chi connectivity index (χ1n) is 7.10. The maximum absolute atomic E-state index is 5.73. The predicted octanol–water partition coefficient (Wildman–Crippen LogP) is 3.19. The van der Waals surface area contributed by atoms with Crippen molar-refractivity contribution in [2.75, 3.05) is 12.8 Å². The Morgan fingerprint density at radius 2 is 1.86 bits per heavy atom. The van der Waals surface area contributed by atoms with Crippen LogP contribution in [-0.2, 0) is 22.5 Å². The molecule has 22 heavy (non-hydrogen) atoms. The first kappa shape index (κ1) is 16.7. The number of anilines is 1. The number of rotatable bonds is 5. The fourth-order valence-electron chi connectivity index (χ4n) is 2.19. The highest BCUT2D eigenvalue weighted by molar-refractivity contribution is 7.98. The van der Waals surface area contributed by atoms with E-state index in [2.05, 4.69) is 60.0 Å². The van der Waals surface area contributed by atoms with Crippen LogP contribution in [0.1, 0.15) is 37.7 Å². The Labute approximate surface area is 135 Å². The first-order valence-corrected chi connectivity index (χ1v) is 8.09. The van der Waals surface area contributed by atoms with Crippen molar-refractivity contribution in [1.29, 1.82) is 0 Å². The highest BCUT2D eigenvalue weighted by atomic mass is 32.2. The summed E-state index contributed by atoms with van der Waals surface area (Å²) in [5.41, 5.74) is 8.45. The summed E-state index contributed by atoms with van der Waals surface area (Å²) in [4.78, 5) is 12.6. The van der Waals surface area contributed by atoms with Gasteiger partial charge in [-0.2, -0.15) is 9.97 Å². The second kappa shape index (κ2) is 7.07. The monoisotopic (exact) mass is 318 g/mol. The zero-order chi connectivity index (χ0) is 16.2. The molecule has 0 saturated carbocycles. The molecule has 0 spiro atoms. The summed E-state index contributed by atoms with van der Waals surface area (Å²) in [6.07, 6.45) is 0. The molecule has 1 aromatic carbocycles. The molecule has 118 valence electrons. The minimum atomic E-state index is 0.108. The van der Waals surface area contributed by atoms with Crippen molar-refractivity contribution in [1.82, 2.24) is 15.0 Å². The van der Waals surface area contributed by atoms with E-state index in [1.807, 2.05) is 0 Å². The molecule has 5 nitrogen and oxygen atoms in total. The van der Waals surface area contributed by atoms with Gasteiger partial charge in [0.05, 0.1) is 0 Å². The van der Waals surface area contributed by atoms with E-state index < -0.39 is 0 Å². The van der Waals surface area contributed by atoms with E-state index in [1.165, 1.54) is 11.1 Å². The largest absolute Gasteiger partial charge is 0.377 e. The molecule has 0 saturated heterocycles. The van der Waals surface area contributed by atoms with Gasteiger partial charge in [0.15, 0.2) is 11.0 Å². The summed E-state index contributed by atoms with van der Waals surface area (Å²) in [5.74, 6) is 1.58. The molecule has 1 heterocycles. The average molecular weight is 318 g/mol. The molecule has 0 amide bonds. The molecule has 2 rings (SSSR count). The Morgan fingerprint density at radius 1 is 1.14 bits per heavy atom. The number of ether oxygens (including phenoxy) is 1. The fraction of sp³-hybridized carbons (Fsp3) is 0.438. The lowest BCUT2D eigenvalue weighted by Crippen LogP contribution is -2.13. The standard InChI is InChI=1S/C16H22N4OS/c1-16(2,3)12-8-6-5-7-11(12)10-22-15-19-13(9-21-4)18-14(17)20-15/h5-8H,9-10H2,1-4H3,(H2,17,18,19,20). The number of hydrogen-bond donors (Lipinski definition) is 1. The predicted molar refractivity (Wildman–Crippen MR) is 89.7 cm³/mol. The van der Waals surface area contributed by atoms with E-state index in [-0.39, 0.29) is 11.4 Å². The Balaban J connectivity index is 2.17. The second-order valence-corrected chi connectivity index (χ2v) is 6.96. The Hall–Kier alpha value is -1.66. The molecule has 6 heteroatoms. The first-order chi connectivity index (χ1) is 10.4. The van der Waals surface area contributed by atoms with Gasteiger partial charge < -0.3 is 10.5 Å². The molecule has 0 unspecified atom stereocenters. The number of aromatic nitrogens is 3. The minimum Gasteiger partial charge on any atom is -0.377 e. The van der Waals surface area contributed by atoms with Crippen molar-refractivity contribution in [2.24, 2.45) is 0 Å². The van der Waals surface area contributed by atoms with E-state index in [9.17, 15) is 0 Å². The van der Waals surface area contributed by atoms with Crippen LogP contribution in [0.25, 0.3) is 0 Å². The van der Waals surface area contributed by atoms with Gasteiger partial charge in [0.25, 0.3) is 0 Å². The third kappa shape index (κ3) is 4.42. The highest BCUT2D eigenvalue weighted by Gasteiger charge is 2.17. The van der Waals surface area contributed by atoms with Crippen LogP contribution >= 0.6 is 11.8 Å². The van der Waals surface area contributed by atoms with Gasteiger partial charge in [-0.25, -0.2) is 4.98 Å². The molecule has 2 N–H and O–H groups in total. The molecular formula is C16H22N4OS. The van der Waals surface area contributed by atoms with Crippen LogP contribution < -0.4 is 5.73 Å². The van der Waals surface area contributed by atoms with Gasteiger partial charge in [-0.15, -0.1) is 0 Å². The summed E-state index contributed by atoms with van der Waals surface area (Å²) < 4.78 is 5.05. The average Bonchev–Trinajstić information content (AvgIpc) is 2.44. The number of methoxy groups -OCH3 is 1. The third-order valence-electron chi connectivity index (χ3n) is 3.13. The van der Waals surface area contributed by atoms with Crippen LogP contribution in [0.3, 0.4) is 0 Å². The maximum Gasteiger partial charge on any atom is 0.224 e. The van der Waals surface area contributed by atoms with Crippen LogP contribution in [0, 0.1) is 0 Å². The van der Waals surface area contributed by atoms with E-state index >= 15 is 0 Å². The third-order valence-corrected chi connectivity index (χ3v) is 4.03. The van der Waals surface area contributed by atoms with Gasteiger partial charge in [0.1, 0.15) is 6.61 Å². The second-order valence-electron chi connectivity index (χ2n) is 6.02. The lowest BCUT2D eigenvalue weighted by atomic mass is 9.84. The number of nitrogens with two attached hydrogens (primary N) is 1. The van der Waals surface area contributed by atoms with Crippen molar-refractivity contribution in [3.63, 3.8) is 0 Å². The van der Waals surface area contributed by atoms with E-state index in [4.69, 9.17) is 10.5 Å². The zero-order valence-corrected chi connectivity index (χ0v) is 14.3. The topological polar surface area (TPSA) is 73.9 Å². The quantitative estimate of drug-likeness (QED) is 0.853. The lowest BCUT2D eigenvalue weighted by Gasteiger charge is -2.22. The van der Waals surface area contributed by atoms with Gasteiger partial charge in [-0.1, -0.05) is 56.8 Å². The van der Waals surface area contributed by atoms with Gasteiger partial charge in [0.2, 0.25) is 5.95 Å². The zero-order valence-electron chi connectivity index (χ0n) is 13.5. The Morgan fingerprint density at radius 3 is 2.55 bits per heavy atom. The lowest BCUT2D eigenvalue weighted by molar-refractivity contribution is 0.177. The van der Waals surface area contributed by atoms with Gasteiger partial charge in [-0.3, -0.25) is 0 Å². The van der Waals surface area contributed by atoms with Crippen molar-refractivity contribution >= 4 is 17.7 Å². The Kier molecular flexibility index (Phi) is 5.37. The highest BCUT2D eigenvalue weighted by Crippen LogP contribution is 2.29. The number of nitrogen functional groups attached to an aromatic ring is 1. The van der Waals surface area contributed by atoms with Crippen LogP contribution in [0.4, 0.5) is 5.95 Å². The molecule has 0 radical (unpaired) electrons. The molecule has 0 fully saturated rings. The molecule has 0 bridgehead atoms.